The van der Waals surface area contributed by atoms with Gasteiger partial charge in [-0.25, -0.2) is 9.37 Å². The van der Waals surface area contributed by atoms with Crippen molar-refractivity contribution >= 4 is 11.9 Å². The van der Waals surface area contributed by atoms with Crippen molar-refractivity contribution in [3.05, 3.63) is 42.2 Å². The summed E-state index contributed by atoms with van der Waals surface area (Å²) in [5.74, 6) is -0.0797. The number of nitrogens with one attached hydrogen (secondary N) is 1. The Morgan fingerprint density at radius 3 is 2.72 bits per heavy atom. The molecule has 0 aliphatic heterocycles. The molecule has 1 amide bonds. The van der Waals surface area contributed by atoms with Crippen molar-refractivity contribution in [2.75, 3.05) is 6.54 Å². The topological polar surface area (TPSA) is 81.4 Å². The predicted molar refractivity (Wildman–Crippen MR) is 88.8 cm³/mol. The smallest absolute Gasteiger partial charge is 0.306 e. The zero-order valence-electron chi connectivity index (χ0n) is 14.1. The molecule has 0 bridgehead atoms. The number of oxazole rings is 1. The number of carbonyl (C=O) groups is 2. The Morgan fingerprint density at radius 2 is 2.00 bits per heavy atom. The lowest BCUT2D eigenvalue weighted by atomic mass is 10.2. The number of carbonyl (C=O) groups excluding carboxylic acids is 2. The number of halogens is 1. The molecule has 0 radical (unpaired) electrons. The summed E-state index contributed by atoms with van der Waals surface area (Å²) in [6.45, 7) is 2.54. The van der Waals surface area contributed by atoms with Crippen LogP contribution in [0.15, 0.2) is 34.9 Å². The molecule has 6 nitrogen and oxygen atoms in total. The second kappa shape index (κ2) is 9.56. The number of benzene rings is 1. The first-order valence-electron chi connectivity index (χ1n) is 8.21. The second-order valence-corrected chi connectivity index (χ2v) is 5.49. The second-order valence-electron chi connectivity index (χ2n) is 5.49. The standard InChI is InChI=1S/C18H21FN2O4/c1-2-10-20-16(22)4-3-5-18(23)24-12-17-21-11-15(25-17)13-6-8-14(19)9-7-13/h6-9,11H,2-5,10,12H2,1H3,(H,20,22). The zero-order chi connectivity index (χ0) is 18.1. The lowest BCUT2D eigenvalue weighted by molar-refractivity contribution is -0.145. The van der Waals surface area contributed by atoms with Crippen LogP contribution >= 0.6 is 0 Å². The predicted octanol–water partition coefficient (Wildman–Crippen LogP) is 3.22. The summed E-state index contributed by atoms with van der Waals surface area (Å²) in [5.41, 5.74) is 0.685. The monoisotopic (exact) mass is 348 g/mol. The summed E-state index contributed by atoms with van der Waals surface area (Å²) in [7, 11) is 0. The summed E-state index contributed by atoms with van der Waals surface area (Å²) in [5, 5.41) is 2.75. The average Bonchev–Trinajstić information content (AvgIpc) is 3.08. The fourth-order valence-corrected chi connectivity index (χ4v) is 2.09. The van der Waals surface area contributed by atoms with Crippen LogP contribution in [0.2, 0.25) is 0 Å². The van der Waals surface area contributed by atoms with Crippen LogP contribution in [0.5, 0.6) is 0 Å². The van der Waals surface area contributed by atoms with Crippen LogP contribution in [0.3, 0.4) is 0 Å². The highest BCUT2D eigenvalue weighted by molar-refractivity contribution is 5.76. The summed E-state index contributed by atoms with van der Waals surface area (Å²) in [6.07, 6.45) is 3.26. The number of esters is 1. The van der Waals surface area contributed by atoms with Gasteiger partial charge < -0.3 is 14.5 Å². The third kappa shape index (κ3) is 6.37. The van der Waals surface area contributed by atoms with Crippen molar-refractivity contribution in [1.82, 2.24) is 10.3 Å². The largest absolute Gasteiger partial charge is 0.456 e. The van der Waals surface area contributed by atoms with Gasteiger partial charge in [0.05, 0.1) is 6.20 Å². The molecule has 0 aliphatic carbocycles. The molecule has 1 heterocycles. The van der Waals surface area contributed by atoms with Crippen LogP contribution < -0.4 is 5.32 Å². The van der Waals surface area contributed by atoms with Gasteiger partial charge in [0.2, 0.25) is 11.8 Å². The molecule has 0 aliphatic rings. The summed E-state index contributed by atoms with van der Waals surface area (Å²) in [4.78, 5) is 27.1. The van der Waals surface area contributed by atoms with Crippen LogP contribution in [0.1, 0.15) is 38.5 Å². The van der Waals surface area contributed by atoms with E-state index in [-0.39, 0.29) is 30.6 Å². The third-order valence-corrected chi connectivity index (χ3v) is 3.40. The van der Waals surface area contributed by atoms with E-state index in [9.17, 15) is 14.0 Å². The molecule has 1 N–H and O–H groups in total. The molecule has 1 aromatic carbocycles. The summed E-state index contributed by atoms with van der Waals surface area (Å²) >= 11 is 0. The van der Waals surface area contributed by atoms with Crippen molar-refractivity contribution in [1.29, 1.82) is 0 Å². The van der Waals surface area contributed by atoms with Crippen LogP contribution in [0, 0.1) is 5.82 Å². The highest BCUT2D eigenvalue weighted by atomic mass is 19.1. The summed E-state index contributed by atoms with van der Waals surface area (Å²) < 4.78 is 23.4. The van der Waals surface area contributed by atoms with Crippen molar-refractivity contribution in [3.63, 3.8) is 0 Å². The van der Waals surface area contributed by atoms with Crippen molar-refractivity contribution in [2.24, 2.45) is 0 Å². The van der Waals surface area contributed by atoms with E-state index in [1.807, 2.05) is 6.92 Å². The van der Waals surface area contributed by atoms with Gasteiger partial charge in [-0.15, -0.1) is 0 Å². The average molecular weight is 348 g/mol. The molecule has 0 saturated heterocycles. The number of hydrogen-bond acceptors (Lipinski definition) is 5. The van der Waals surface area contributed by atoms with Gasteiger partial charge >= 0.3 is 5.97 Å². The SMILES string of the molecule is CCCNC(=O)CCCC(=O)OCc1ncc(-c2ccc(F)cc2)o1. The number of amides is 1. The van der Waals surface area contributed by atoms with Gasteiger partial charge in [-0.2, -0.15) is 0 Å². The number of hydrogen-bond donors (Lipinski definition) is 1. The molecule has 2 rings (SSSR count). The number of ether oxygens (including phenoxy) is 1. The first-order chi connectivity index (χ1) is 12.1. The van der Waals surface area contributed by atoms with Gasteiger partial charge in [0.1, 0.15) is 5.82 Å². The molecular weight excluding hydrogens is 327 g/mol. The normalized spacial score (nSPS) is 10.5. The fraction of sp³-hybridized carbons (Fsp3) is 0.389. The maximum atomic E-state index is 12.9. The Kier molecular flexibility index (Phi) is 7.13. The molecule has 0 fully saturated rings. The maximum absolute atomic E-state index is 12.9. The Morgan fingerprint density at radius 1 is 1.24 bits per heavy atom. The fourth-order valence-electron chi connectivity index (χ4n) is 2.09. The summed E-state index contributed by atoms with van der Waals surface area (Å²) in [6, 6.07) is 5.81. The third-order valence-electron chi connectivity index (χ3n) is 3.40. The Hall–Kier alpha value is -2.70. The van der Waals surface area contributed by atoms with Crippen LogP contribution in [-0.4, -0.2) is 23.4 Å². The van der Waals surface area contributed by atoms with Gasteiger partial charge in [0.15, 0.2) is 12.4 Å². The van der Waals surface area contributed by atoms with E-state index < -0.39 is 5.97 Å². The van der Waals surface area contributed by atoms with E-state index in [1.54, 1.807) is 12.1 Å². The van der Waals surface area contributed by atoms with Crippen molar-refractivity contribution in [2.45, 2.75) is 39.2 Å². The highest BCUT2D eigenvalue weighted by Crippen LogP contribution is 2.20. The van der Waals surface area contributed by atoms with Crippen LogP contribution in [0.4, 0.5) is 4.39 Å². The Labute approximate surface area is 145 Å². The van der Waals surface area contributed by atoms with Gasteiger partial charge in [-0.3, -0.25) is 9.59 Å². The van der Waals surface area contributed by atoms with Crippen molar-refractivity contribution < 1.29 is 23.1 Å². The van der Waals surface area contributed by atoms with Gasteiger partial charge in [0.25, 0.3) is 0 Å². The Balaban J connectivity index is 1.71. The van der Waals surface area contributed by atoms with Gasteiger partial charge in [-0.05, 0) is 37.1 Å². The molecule has 2 aromatic rings. The molecule has 134 valence electrons. The Bertz CT molecular complexity index is 697. The van der Waals surface area contributed by atoms with Gasteiger partial charge in [-0.1, -0.05) is 6.92 Å². The lowest BCUT2D eigenvalue weighted by Gasteiger charge is -2.04. The molecule has 1 aromatic heterocycles. The van der Waals surface area contributed by atoms with E-state index in [2.05, 4.69) is 10.3 Å². The minimum absolute atomic E-state index is 0.0636. The van der Waals surface area contributed by atoms with E-state index >= 15 is 0 Å². The molecular formula is C18H21FN2O4. The number of rotatable bonds is 9. The quantitative estimate of drug-likeness (QED) is 0.704. The molecule has 0 saturated carbocycles. The lowest BCUT2D eigenvalue weighted by Crippen LogP contribution is -2.23. The van der Waals surface area contributed by atoms with E-state index in [0.29, 0.717) is 30.7 Å². The van der Waals surface area contributed by atoms with E-state index in [1.165, 1.54) is 18.3 Å². The van der Waals surface area contributed by atoms with E-state index in [0.717, 1.165) is 6.42 Å². The van der Waals surface area contributed by atoms with Gasteiger partial charge in [0, 0.05) is 24.9 Å². The maximum Gasteiger partial charge on any atom is 0.306 e. The molecule has 25 heavy (non-hydrogen) atoms. The molecule has 7 heteroatoms. The number of aromatic nitrogens is 1. The van der Waals surface area contributed by atoms with E-state index in [4.69, 9.17) is 9.15 Å². The number of nitrogens with zero attached hydrogens (tertiary/aromatic N) is 1. The minimum Gasteiger partial charge on any atom is -0.456 e. The molecule has 0 spiro atoms. The molecule has 0 atom stereocenters. The first kappa shape index (κ1) is 18.6. The minimum atomic E-state index is -0.412. The molecule has 0 unspecified atom stereocenters. The zero-order valence-corrected chi connectivity index (χ0v) is 14.1. The van der Waals surface area contributed by atoms with Crippen LogP contribution in [-0.2, 0) is 20.9 Å². The van der Waals surface area contributed by atoms with Crippen molar-refractivity contribution in [3.8, 4) is 11.3 Å². The van der Waals surface area contributed by atoms with Crippen LogP contribution in [0.25, 0.3) is 11.3 Å². The highest BCUT2D eigenvalue weighted by Gasteiger charge is 2.10. The first-order valence-corrected chi connectivity index (χ1v) is 8.21.